The first kappa shape index (κ1) is 19.2. The summed E-state index contributed by atoms with van der Waals surface area (Å²) in [5.74, 6) is -2.47. The normalized spacial score (nSPS) is 12.2. The van der Waals surface area contributed by atoms with Crippen LogP contribution in [-0.4, -0.2) is 22.9 Å². The van der Waals surface area contributed by atoms with Gasteiger partial charge in [-0.3, -0.25) is 25.4 Å². The van der Waals surface area contributed by atoms with E-state index >= 15 is 0 Å². The Balaban J connectivity index is 1.90. The van der Waals surface area contributed by atoms with Gasteiger partial charge in [0.15, 0.2) is 17.7 Å². The van der Waals surface area contributed by atoms with Crippen molar-refractivity contribution in [3.05, 3.63) is 59.7 Å². The van der Waals surface area contributed by atoms with Gasteiger partial charge in [0.25, 0.3) is 11.8 Å². The van der Waals surface area contributed by atoms with Gasteiger partial charge in [-0.15, -0.1) is 0 Å². The molecular weight excluding hydrogens is 358 g/mol. The number of hydrogen-bond acceptors (Lipinski definition) is 4. The Bertz CT molecular complexity index is 794. The molecule has 0 radical (unpaired) electrons. The van der Waals surface area contributed by atoms with Crippen molar-refractivity contribution in [2.24, 2.45) is 0 Å². The fourth-order valence-corrected chi connectivity index (χ4v) is 1.77. The van der Waals surface area contributed by atoms with Crippen molar-refractivity contribution in [1.82, 2.24) is 15.8 Å². The summed E-state index contributed by atoms with van der Waals surface area (Å²) in [7, 11) is 0. The van der Waals surface area contributed by atoms with Crippen LogP contribution in [0.2, 0.25) is 0 Å². The number of carbonyl (C=O) groups excluding carboxylic acids is 2. The number of alkyl halides is 3. The second-order valence-electron chi connectivity index (χ2n) is 5.06. The van der Waals surface area contributed by atoms with Crippen molar-refractivity contribution in [2.75, 3.05) is 0 Å². The molecule has 1 heterocycles. The Morgan fingerprint density at radius 3 is 2.38 bits per heavy atom. The predicted octanol–water partition coefficient (Wildman–Crippen LogP) is 2.47. The van der Waals surface area contributed by atoms with Crippen LogP contribution in [0.15, 0.2) is 42.6 Å². The van der Waals surface area contributed by atoms with Crippen LogP contribution in [0.1, 0.15) is 23.0 Å². The van der Waals surface area contributed by atoms with Crippen LogP contribution >= 0.6 is 0 Å². The fraction of sp³-hybridized carbons (Fsp3) is 0.188. The standard InChI is InChI=1S/C16H13F4N3O3/c1-9(26-12-5-3-2-4-11(12)17)14(24)22-23-15(25)10-6-7-13(21-8-10)16(18,19)20/h2-9H,1H3,(H,22,24)(H,23,25). The van der Waals surface area contributed by atoms with Crippen LogP contribution in [-0.2, 0) is 11.0 Å². The van der Waals surface area contributed by atoms with Gasteiger partial charge >= 0.3 is 6.18 Å². The molecule has 0 aliphatic carbocycles. The van der Waals surface area contributed by atoms with Crippen molar-refractivity contribution < 1.29 is 31.9 Å². The minimum Gasteiger partial charge on any atom is -0.478 e. The molecule has 26 heavy (non-hydrogen) atoms. The SMILES string of the molecule is CC(Oc1ccccc1F)C(=O)NNC(=O)c1ccc(C(F)(F)F)nc1. The maximum absolute atomic E-state index is 13.5. The second kappa shape index (κ2) is 7.81. The summed E-state index contributed by atoms with van der Waals surface area (Å²) < 4.78 is 55.8. The van der Waals surface area contributed by atoms with Gasteiger partial charge in [0.1, 0.15) is 5.69 Å². The maximum Gasteiger partial charge on any atom is 0.433 e. The Hall–Kier alpha value is -3.17. The van der Waals surface area contributed by atoms with Crippen LogP contribution < -0.4 is 15.6 Å². The molecule has 0 saturated heterocycles. The highest BCUT2D eigenvalue weighted by molar-refractivity contribution is 5.95. The number of para-hydroxylation sites is 1. The van der Waals surface area contributed by atoms with Gasteiger partial charge in [0.05, 0.1) is 5.56 Å². The molecule has 6 nitrogen and oxygen atoms in total. The highest BCUT2D eigenvalue weighted by Crippen LogP contribution is 2.27. The third-order valence-electron chi connectivity index (χ3n) is 3.12. The molecule has 10 heteroatoms. The zero-order chi connectivity index (χ0) is 19.3. The number of hydrazine groups is 1. The molecule has 138 valence electrons. The quantitative estimate of drug-likeness (QED) is 0.639. The largest absolute Gasteiger partial charge is 0.478 e. The lowest BCUT2D eigenvalue weighted by Crippen LogP contribution is -2.47. The molecule has 2 N–H and O–H groups in total. The molecule has 1 aromatic carbocycles. The first-order chi connectivity index (χ1) is 12.2. The highest BCUT2D eigenvalue weighted by Gasteiger charge is 2.32. The molecule has 2 amide bonds. The topological polar surface area (TPSA) is 80.3 Å². The Morgan fingerprint density at radius 2 is 1.81 bits per heavy atom. The summed E-state index contributed by atoms with van der Waals surface area (Å²) in [6, 6.07) is 7.00. The molecule has 0 aliphatic rings. The summed E-state index contributed by atoms with van der Waals surface area (Å²) >= 11 is 0. The number of rotatable bonds is 4. The zero-order valence-corrected chi connectivity index (χ0v) is 13.3. The first-order valence-corrected chi connectivity index (χ1v) is 7.23. The lowest BCUT2D eigenvalue weighted by atomic mass is 10.2. The molecule has 0 fully saturated rings. The third-order valence-corrected chi connectivity index (χ3v) is 3.12. The first-order valence-electron chi connectivity index (χ1n) is 7.23. The second-order valence-corrected chi connectivity index (χ2v) is 5.06. The molecule has 0 saturated carbocycles. The summed E-state index contributed by atoms with van der Waals surface area (Å²) in [6.45, 7) is 1.33. The molecule has 1 aromatic heterocycles. The third kappa shape index (κ3) is 4.91. The smallest absolute Gasteiger partial charge is 0.433 e. The van der Waals surface area contributed by atoms with Crippen LogP contribution in [0.3, 0.4) is 0 Å². The van der Waals surface area contributed by atoms with Gasteiger partial charge in [0, 0.05) is 6.20 Å². The van der Waals surface area contributed by atoms with Crippen LogP contribution in [0, 0.1) is 5.82 Å². The van der Waals surface area contributed by atoms with E-state index in [9.17, 15) is 27.2 Å². The molecule has 0 bridgehead atoms. The monoisotopic (exact) mass is 371 g/mol. The minimum atomic E-state index is -4.62. The molecule has 0 spiro atoms. The maximum atomic E-state index is 13.5. The van der Waals surface area contributed by atoms with E-state index < -0.39 is 35.6 Å². The molecule has 1 atom stereocenters. The van der Waals surface area contributed by atoms with Crippen LogP contribution in [0.4, 0.5) is 17.6 Å². The number of nitrogens with one attached hydrogen (secondary N) is 2. The number of nitrogens with zero attached hydrogens (tertiary/aromatic N) is 1. The van der Waals surface area contributed by atoms with Crippen LogP contribution in [0.5, 0.6) is 5.75 Å². The predicted molar refractivity (Wildman–Crippen MR) is 81.3 cm³/mol. The van der Waals surface area contributed by atoms with E-state index in [4.69, 9.17) is 4.74 Å². The number of ether oxygens (including phenoxy) is 1. The summed E-state index contributed by atoms with van der Waals surface area (Å²) in [5, 5.41) is 0. The van der Waals surface area contributed by atoms with Crippen molar-refractivity contribution in [2.45, 2.75) is 19.2 Å². The van der Waals surface area contributed by atoms with E-state index in [1.54, 1.807) is 0 Å². The Morgan fingerprint density at radius 1 is 1.12 bits per heavy atom. The minimum absolute atomic E-state index is 0.145. The van der Waals surface area contributed by atoms with E-state index in [0.29, 0.717) is 6.07 Å². The lowest BCUT2D eigenvalue weighted by molar-refractivity contribution is -0.141. The van der Waals surface area contributed by atoms with Crippen molar-refractivity contribution in [3.8, 4) is 5.75 Å². The van der Waals surface area contributed by atoms with E-state index in [1.807, 2.05) is 10.9 Å². The number of aromatic nitrogens is 1. The van der Waals surface area contributed by atoms with E-state index in [2.05, 4.69) is 4.98 Å². The molecule has 2 aromatic rings. The van der Waals surface area contributed by atoms with E-state index in [-0.39, 0.29) is 11.3 Å². The molecule has 0 aliphatic heterocycles. The number of carbonyl (C=O) groups is 2. The number of hydrogen-bond donors (Lipinski definition) is 2. The number of amides is 2. The Labute approximate surface area is 145 Å². The molecular formula is C16H13F4N3O3. The molecule has 1 unspecified atom stereocenters. The zero-order valence-electron chi connectivity index (χ0n) is 13.3. The van der Waals surface area contributed by atoms with Crippen molar-refractivity contribution in [3.63, 3.8) is 0 Å². The number of benzene rings is 1. The van der Waals surface area contributed by atoms with Crippen molar-refractivity contribution in [1.29, 1.82) is 0 Å². The summed E-state index contributed by atoms with van der Waals surface area (Å²) in [5.41, 5.74) is 2.69. The van der Waals surface area contributed by atoms with Gasteiger partial charge < -0.3 is 4.74 Å². The van der Waals surface area contributed by atoms with Gasteiger partial charge in [-0.1, -0.05) is 12.1 Å². The van der Waals surface area contributed by atoms with Crippen molar-refractivity contribution >= 4 is 11.8 Å². The highest BCUT2D eigenvalue weighted by atomic mass is 19.4. The van der Waals surface area contributed by atoms with Gasteiger partial charge in [-0.05, 0) is 31.2 Å². The van der Waals surface area contributed by atoms with Gasteiger partial charge in [-0.2, -0.15) is 13.2 Å². The van der Waals surface area contributed by atoms with Gasteiger partial charge in [0.2, 0.25) is 0 Å². The molecule has 2 rings (SSSR count). The van der Waals surface area contributed by atoms with Gasteiger partial charge in [-0.25, -0.2) is 4.39 Å². The Kier molecular flexibility index (Phi) is 5.75. The number of halogens is 4. The summed E-state index contributed by atoms with van der Waals surface area (Å²) in [4.78, 5) is 26.8. The summed E-state index contributed by atoms with van der Waals surface area (Å²) in [6.07, 6.45) is -5.04. The van der Waals surface area contributed by atoms with Crippen LogP contribution in [0.25, 0.3) is 0 Å². The average molecular weight is 371 g/mol. The van der Waals surface area contributed by atoms with E-state index in [0.717, 1.165) is 18.3 Å². The lowest BCUT2D eigenvalue weighted by Gasteiger charge is -2.15. The van der Waals surface area contributed by atoms with E-state index in [1.165, 1.54) is 25.1 Å². The number of pyridine rings is 1. The fourth-order valence-electron chi connectivity index (χ4n) is 1.77. The average Bonchev–Trinajstić information content (AvgIpc) is 2.60.